The number of ether oxygens (including phenoxy) is 1. The molecule has 17 heavy (non-hydrogen) atoms. The van der Waals surface area contributed by atoms with Gasteiger partial charge in [0.05, 0.1) is 7.11 Å². The lowest BCUT2D eigenvalue weighted by Gasteiger charge is -2.22. The van der Waals surface area contributed by atoms with Crippen molar-refractivity contribution in [2.75, 3.05) is 7.11 Å². The van der Waals surface area contributed by atoms with Crippen LogP contribution in [0, 0.1) is 11.8 Å². The minimum absolute atomic E-state index is 0.573. The molecule has 92 valence electrons. The van der Waals surface area contributed by atoms with E-state index in [0.29, 0.717) is 11.3 Å². The fraction of sp³-hybridized carbons (Fsp3) is 0.385. The molecule has 0 fully saturated rings. The first-order valence-electron chi connectivity index (χ1n) is 5.31. The quantitative estimate of drug-likeness (QED) is 0.579. The highest BCUT2D eigenvalue weighted by Crippen LogP contribution is 2.26. The van der Waals surface area contributed by atoms with Crippen LogP contribution in [0.2, 0.25) is 19.6 Å². The maximum atomic E-state index is 13.6. The summed E-state index contributed by atoms with van der Waals surface area (Å²) in [5.41, 5.74) is -2.30. The molecule has 0 aliphatic heterocycles. The van der Waals surface area contributed by atoms with Gasteiger partial charge in [0.25, 0.3) is 5.55 Å². The van der Waals surface area contributed by atoms with Crippen molar-refractivity contribution in [2.24, 2.45) is 0 Å². The lowest BCUT2D eigenvalue weighted by molar-refractivity contribution is 0.149. The number of halogens is 2. The van der Waals surface area contributed by atoms with Gasteiger partial charge in [-0.1, -0.05) is 25.6 Å². The van der Waals surface area contributed by atoms with Gasteiger partial charge in [0, 0.05) is 5.56 Å². The Labute approximate surface area is 102 Å². The molecule has 0 bridgehead atoms. The first-order valence-corrected chi connectivity index (χ1v) is 8.81. The van der Waals surface area contributed by atoms with E-state index in [4.69, 9.17) is 4.74 Å². The van der Waals surface area contributed by atoms with Crippen LogP contribution in [-0.4, -0.2) is 20.7 Å². The molecule has 4 heteroatoms. The maximum absolute atomic E-state index is 13.6. The van der Waals surface area contributed by atoms with Gasteiger partial charge >= 0.3 is 0 Å². The lowest BCUT2D eigenvalue weighted by Crippen LogP contribution is -2.43. The summed E-state index contributed by atoms with van der Waals surface area (Å²) < 4.78 is 32.2. The van der Waals surface area contributed by atoms with Crippen molar-refractivity contribution in [3.05, 3.63) is 29.8 Å². The van der Waals surface area contributed by atoms with Crippen LogP contribution < -0.4 is 4.74 Å². The summed E-state index contributed by atoms with van der Waals surface area (Å²) in [6.45, 7) is 4.82. The van der Waals surface area contributed by atoms with Crippen molar-refractivity contribution < 1.29 is 13.5 Å². The number of benzene rings is 1. The van der Waals surface area contributed by atoms with E-state index in [9.17, 15) is 8.78 Å². The van der Waals surface area contributed by atoms with Crippen LogP contribution in [0.15, 0.2) is 24.3 Å². The minimum Gasteiger partial charge on any atom is -0.497 e. The largest absolute Gasteiger partial charge is 0.497 e. The van der Waals surface area contributed by atoms with Crippen LogP contribution in [0.25, 0.3) is 0 Å². The number of rotatable bonds is 2. The summed E-state index contributed by atoms with van der Waals surface area (Å²) in [5.74, 6) is 5.30. The highest BCUT2D eigenvalue weighted by Gasteiger charge is 2.43. The standard InChI is InChI=1S/C13H16F2OSi/c1-16-12-7-5-11(6-8-12)9-10-13(14,15)17(2,3)4/h5-8H,1-4H3. The van der Waals surface area contributed by atoms with E-state index in [0.717, 1.165) is 0 Å². The molecule has 0 radical (unpaired) electrons. The van der Waals surface area contributed by atoms with Gasteiger partial charge in [-0.2, -0.15) is 8.78 Å². The molecule has 0 heterocycles. The summed E-state index contributed by atoms with van der Waals surface area (Å²) in [6, 6.07) is 6.76. The van der Waals surface area contributed by atoms with Crippen LogP contribution in [0.5, 0.6) is 5.75 Å². The smallest absolute Gasteiger partial charge is 0.286 e. The first-order chi connectivity index (χ1) is 7.76. The van der Waals surface area contributed by atoms with Crippen molar-refractivity contribution in [3.63, 3.8) is 0 Å². The number of methoxy groups -OCH3 is 1. The highest BCUT2D eigenvalue weighted by molar-refractivity contribution is 6.79. The van der Waals surface area contributed by atoms with Gasteiger partial charge in [0.15, 0.2) is 0 Å². The summed E-state index contributed by atoms with van der Waals surface area (Å²) in [5, 5.41) is 0. The van der Waals surface area contributed by atoms with E-state index >= 15 is 0 Å². The van der Waals surface area contributed by atoms with Gasteiger partial charge in [0.1, 0.15) is 13.8 Å². The van der Waals surface area contributed by atoms with Crippen molar-refractivity contribution >= 4 is 8.07 Å². The molecule has 1 rings (SSSR count). The molecular weight excluding hydrogens is 238 g/mol. The molecular formula is C13H16F2OSi. The Morgan fingerprint density at radius 3 is 2.06 bits per heavy atom. The van der Waals surface area contributed by atoms with E-state index in [1.54, 1.807) is 51.0 Å². The van der Waals surface area contributed by atoms with Crippen LogP contribution in [0.1, 0.15) is 5.56 Å². The van der Waals surface area contributed by atoms with E-state index < -0.39 is 13.6 Å². The predicted molar refractivity (Wildman–Crippen MR) is 68.2 cm³/mol. The van der Waals surface area contributed by atoms with Crippen LogP contribution >= 0.6 is 0 Å². The topological polar surface area (TPSA) is 9.23 Å². The third-order valence-corrected chi connectivity index (χ3v) is 4.40. The van der Waals surface area contributed by atoms with Gasteiger partial charge in [-0.25, -0.2) is 0 Å². The van der Waals surface area contributed by atoms with E-state index in [1.807, 2.05) is 0 Å². The Kier molecular flexibility index (Phi) is 3.94. The monoisotopic (exact) mass is 254 g/mol. The molecule has 0 aliphatic rings. The molecule has 0 N–H and O–H groups in total. The molecule has 0 saturated carbocycles. The average molecular weight is 254 g/mol. The summed E-state index contributed by atoms with van der Waals surface area (Å²) in [6.07, 6.45) is 0. The van der Waals surface area contributed by atoms with Gasteiger partial charge < -0.3 is 4.74 Å². The molecule has 0 saturated heterocycles. The molecule has 0 amide bonds. The fourth-order valence-corrected chi connectivity index (χ4v) is 1.45. The molecule has 0 aromatic heterocycles. The van der Waals surface area contributed by atoms with Crippen LogP contribution in [0.4, 0.5) is 8.78 Å². The van der Waals surface area contributed by atoms with Crippen LogP contribution in [-0.2, 0) is 0 Å². The van der Waals surface area contributed by atoms with E-state index in [1.165, 1.54) is 0 Å². The second kappa shape index (κ2) is 4.88. The van der Waals surface area contributed by atoms with Gasteiger partial charge in [-0.15, -0.1) is 0 Å². The summed E-state index contributed by atoms with van der Waals surface area (Å²) in [4.78, 5) is 0. The third-order valence-electron chi connectivity index (χ3n) is 2.40. The van der Waals surface area contributed by atoms with E-state index in [-0.39, 0.29) is 0 Å². The first kappa shape index (κ1) is 13.7. The van der Waals surface area contributed by atoms with Crippen molar-refractivity contribution in [1.82, 2.24) is 0 Å². The second-order valence-electron chi connectivity index (χ2n) is 4.80. The summed E-state index contributed by atoms with van der Waals surface area (Å²) in [7, 11) is -1.03. The zero-order valence-electron chi connectivity index (χ0n) is 10.5. The number of hydrogen-bond donors (Lipinski definition) is 0. The molecule has 0 unspecified atom stereocenters. The second-order valence-corrected chi connectivity index (χ2v) is 9.93. The van der Waals surface area contributed by atoms with Gasteiger partial charge in [-0.05, 0) is 30.2 Å². The zero-order chi connectivity index (χ0) is 13.1. The average Bonchev–Trinajstić information content (AvgIpc) is 2.25. The maximum Gasteiger partial charge on any atom is 0.286 e. The lowest BCUT2D eigenvalue weighted by atomic mass is 10.2. The third kappa shape index (κ3) is 3.57. The van der Waals surface area contributed by atoms with Crippen molar-refractivity contribution in [2.45, 2.75) is 25.2 Å². The van der Waals surface area contributed by atoms with Crippen molar-refractivity contribution in [3.8, 4) is 17.6 Å². The molecule has 0 aliphatic carbocycles. The Morgan fingerprint density at radius 2 is 1.65 bits per heavy atom. The van der Waals surface area contributed by atoms with Crippen molar-refractivity contribution in [1.29, 1.82) is 0 Å². The number of alkyl halides is 2. The summed E-state index contributed by atoms with van der Waals surface area (Å²) >= 11 is 0. The normalized spacial score (nSPS) is 11.6. The molecule has 0 spiro atoms. The van der Waals surface area contributed by atoms with Gasteiger partial charge in [0.2, 0.25) is 0 Å². The molecule has 1 aromatic carbocycles. The zero-order valence-corrected chi connectivity index (χ0v) is 11.5. The Bertz CT molecular complexity index is 435. The Balaban J connectivity index is 2.91. The fourth-order valence-electron chi connectivity index (χ4n) is 1.01. The minimum atomic E-state index is -2.87. The highest BCUT2D eigenvalue weighted by atomic mass is 28.3. The molecule has 1 aromatic rings. The molecule has 0 atom stereocenters. The predicted octanol–water partition coefficient (Wildman–Crippen LogP) is 3.56. The van der Waals surface area contributed by atoms with E-state index in [2.05, 4.69) is 11.8 Å². The Hall–Kier alpha value is -1.34. The number of hydrogen-bond acceptors (Lipinski definition) is 1. The molecule has 1 nitrogen and oxygen atoms in total. The van der Waals surface area contributed by atoms with Gasteiger partial charge in [-0.3, -0.25) is 0 Å². The van der Waals surface area contributed by atoms with Crippen LogP contribution in [0.3, 0.4) is 0 Å². The Morgan fingerprint density at radius 1 is 1.12 bits per heavy atom. The SMILES string of the molecule is COc1ccc(C#CC(F)(F)[Si](C)(C)C)cc1.